The summed E-state index contributed by atoms with van der Waals surface area (Å²) in [6.45, 7) is 1.12. The molecule has 2 aromatic carbocycles. The molecule has 1 N–H and O–H groups in total. The first-order chi connectivity index (χ1) is 12.2. The predicted molar refractivity (Wildman–Crippen MR) is 91.7 cm³/mol. The van der Waals surface area contributed by atoms with Crippen LogP contribution in [0.15, 0.2) is 36.4 Å². The Kier molecular flexibility index (Phi) is 4.02. The number of hydrogen-bond acceptors (Lipinski definition) is 4. The van der Waals surface area contributed by atoms with Gasteiger partial charge < -0.3 is 14.8 Å². The number of nitrogens with zero attached hydrogens (tertiary/aromatic N) is 1. The van der Waals surface area contributed by atoms with E-state index in [1.165, 1.54) is 5.56 Å². The number of nitriles is 1. The molecule has 0 radical (unpaired) electrons. The normalized spacial score (nSPS) is 18.0. The molecule has 5 heteroatoms. The molecule has 1 unspecified atom stereocenters. The molecule has 126 valence electrons. The van der Waals surface area contributed by atoms with Gasteiger partial charge in [-0.15, -0.1) is 0 Å². The first-order valence-electron chi connectivity index (χ1n) is 8.48. The molecule has 25 heavy (non-hydrogen) atoms. The molecular weight excluding hydrogens is 316 g/mol. The molecule has 0 saturated carbocycles. The minimum Gasteiger partial charge on any atom is -0.486 e. The molecule has 1 aliphatic carbocycles. The molecule has 0 spiro atoms. The highest BCUT2D eigenvalue weighted by Gasteiger charge is 2.26. The molecule has 0 saturated heterocycles. The number of amides is 1. The second kappa shape index (κ2) is 6.48. The first kappa shape index (κ1) is 15.5. The van der Waals surface area contributed by atoms with Crippen LogP contribution in [0.1, 0.15) is 45.9 Å². The third kappa shape index (κ3) is 3.03. The van der Waals surface area contributed by atoms with Gasteiger partial charge in [-0.3, -0.25) is 4.79 Å². The van der Waals surface area contributed by atoms with Gasteiger partial charge in [-0.1, -0.05) is 6.07 Å². The Labute approximate surface area is 146 Å². The van der Waals surface area contributed by atoms with Crippen molar-refractivity contribution in [1.82, 2.24) is 5.32 Å². The number of aryl methyl sites for hydroxylation is 1. The molecule has 1 aliphatic heterocycles. The summed E-state index contributed by atoms with van der Waals surface area (Å²) in [5, 5.41) is 12.1. The van der Waals surface area contributed by atoms with Gasteiger partial charge in [-0.2, -0.15) is 5.26 Å². The highest BCUT2D eigenvalue weighted by atomic mass is 16.6. The van der Waals surface area contributed by atoms with Crippen molar-refractivity contribution in [1.29, 1.82) is 5.26 Å². The minimum atomic E-state index is -0.162. The predicted octanol–water partition coefficient (Wildman–Crippen LogP) is 3.14. The lowest BCUT2D eigenvalue weighted by Gasteiger charge is -2.29. The standard InChI is InChI=1S/C20H18N2O3/c21-12-13-3-1-5-15(9-13)20(23)22-17-6-2-4-14-10-18-19(11-16(14)17)25-8-7-24-18/h1,3,5,9-11,17H,2,4,6-8H2,(H,22,23). The number of carbonyl (C=O) groups excluding carboxylic acids is 1. The fourth-order valence-electron chi connectivity index (χ4n) is 3.46. The lowest BCUT2D eigenvalue weighted by Crippen LogP contribution is -2.31. The molecule has 0 bridgehead atoms. The van der Waals surface area contributed by atoms with Crippen LogP contribution >= 0.6 is 0 Å². The lowest BCUT2D eigenvalue weighted by atomic mass is 9.87. The van der Waals surface area contributed by atoms with Gasteiger partial charge in [-0.25, -0.2) is 0 Å². The van der Waals surface area contributed by atoms with Crippen LogP contribution in [0.4, 0.5) is 0 Å². The number of benzene rings is 2. The van der Waals surface area contributed by atoms with Gasteiger partial charge in [0.05, 0.1) is 17.7 Å². The summed E-state index contributed by atoms with van der Waals surface area (Å²) in [6.07, 6.45) is 2.87. The van der Waals surface area contributed by atoms with Crippen molar-refractivity contribution >= 4 is 5.91 Å². The quantitative estimate of drug-likeness (QED) is 0.916. The zero-order valence-electron chi connectivity index (χ0n) is 13.7. The van der Waals surface area contributed by atoms with Crippen molar-refractivity contribution in [3.8, 4) is 17.6 Å². The third-order valence-corrected chi connectivity index (χ3v) is 4.68. The van der Waals surface area contributed by atoms with Gasteiger partial charge in [0.15, 0.2) is 11.5 Å². The Bertz CT molecular complexity index is 870. The number of fused-ring (bicyclic) bond motifs is 2. The van der Waals surface area contributed by atoms with Crippen molar-refractivity contribution in [3.05, 3.63) is 58.7 Å². The average molecular weight is 334 g/mol. The second-order valence-corrected chi connectivity index (χ2v) is 6.31. The highest BCUT2D eigenvalue weighted by molar-refractivity contribution is 5.94. The second-order valence-electron chi connectivity index (χ2n) is 6.31. The number of rotatable bonds is 2. The maximum Gasteiger partial charge on any atom is 0.251 e. The van der Waals surface area contributed by atoms with Crippen molar-refractivity contribution in [2.75, 3.05) is 13.2 Å². The Balaban J connectivity index is 1.60. The summed E-state index contributed by atoms with van der Waals surface area (Å²) in [7, 11) is 0. The van der Waals surface area contributed by atoms with Crippen LogP contribution in [0.25, 0.3) is 0 Å². The molecule has 4 rings (SSSR count). The molecule has 5 nitrogen and oxygen atoms in total. The van der Waals surface area contributed by atoms with Crippen molar-refractivity contribution in [2.24, 2.45) is 0 Å². The van der Waals surface area contributed by atoms with Gasteiger partial charge in [0, 0.05) is 5.56 Å². The van der Waals surface area contributed by atoms with Gasteiger partial charge in [0.25, 0.3) is 5.91 Å². The topological polar surface area (TPSA) is 71.4 Å². The summed E-state index contributed by atoms with van der Waals surface area (Å²) in [4.78, 5) is 12.6. The zero-order valence-corrected chi connectivity index (χ0v) is 13.7. The monoisotopic (exact) mass is 334 g/mol. The van der Waals surface area contributed by atoms with E-state index in [2.05, 4.69) is 11.4 Å². The zero-order chi connectivity index (χ0) is 17.2. The molecular formula is C20H18N2O3. The van der Waals surface area contributed by atoms with E-state index < -0.39 is 0 Å². The van der Waals surface area contributed by atoms with Crippen LogP contribution < -0.4 is 14.8 Å². The summed E-state index contributed by atoms with van der Waals surface area (Å²) in [6, 6.07) is 12.8. The number of hydrogen-bond donors (Lipinski definition) is 1. The van der Waals surface area contributed by atoms with Gasteiger partial charge in [0.1, 0.15) is 13.2 Å². The highest BCUT2D eigenvalue weighted by Crippen LogP contribution is 2.39. The van der Waals surface area contributed by atoms with Gasteiger partial charge in [-0.05, 0) is 60.7 Å². The van der Waals surface area contributed by atoms with Crippen LogP contribution in [-0.4, -0.2) is 19.1 Å². The Morgan fingerprint density at radius 2 is 1.96 bits per heavy atom. The van der Waals surface area contributed by atoms with Gasteiger partial charge in [0.2, 0.25) is 0 Å². The SMILES string of the molecule is N#Cc1cccc(C(=O)NC2CCCc3cc4c(cc32)OCCO4)c1. The molecule has 1 heterocycles. The first-order valence-corrected chi connectivity index (χ1v) is 8.48. The summed E-state index contributed by atoms with van der Waals surface area (Å²) < 4.78 is 11.3. The van der Waals surface area contributed by atoms with E-state index in [1.54, 1.807) is 24.3 Å². The van der Waals surface area contributed by atoms with E-state index in [1.807, 2.05) is 12.1 Å². The largest absolute Gasteiger partial charge is 0.486 e. The van der Waals surface area contributed by atoms with Crippen molar-refractivity contribution < 1.29 is 14.3 Å². The molecule has 0 fully saturated rings. The Morgan fingerprint density at radius 3 is 2.76 bits per heavy atom. The maximum absolute atomic E-state index is 12.6. The number of ether oxygens (including phenoxy) is 2. The van der Waals surface area contributed by atoms with E-state index in [0.717, 1.165) is 36.3 Å². The van der Waals surface area contributed by atoms with Gasteiger partial charge >= 0.3 is 0 Å². The van der Waals surface area contributed by atoms with E-state index in [4.69, 9.17) is 14.7 Å². The smallest absolute Gasteiger partial charge is 0.251 e. The summed E-state index contributed by atoms with van der Waals surface area (Å²) in [5.41, 5.74) is 3.28. The van der Waals surface area contributed by atoms with Crippen LogP contribution in [-0.2, 0) is 6.42 Å². The molecule has 1 amide bonds. The molecule has 0 aromatic heterocycles. The summed E-state index contributed by atoms with van der Waals surface area (Å²) >= 11 is 0. The Hall–Kier alpha value is -3.00. The minimum absolute atomic E-state index is 0.0576. The van der Waals surface area contributed by atoms with E-state index in [9.17, 15) is 4.79 Å². The molecule has 2 aromatic rings. The number of carbonyl (C=O) groups is 1. The average Bonchev–Trinajstić information content (AvgIpc) is 2.67. The van der Waals surface area contributed by atoms with Crippen LogP contribution in [0, 0.1) is 11.3 Å². The van der Waals surface area contributed by atoms with Crippen LogP contribution in [0.2, 0.25) is 0 Å². The fraction of sp³-hybridized carbons (Fsp3) is 0.300. The third-order valence-electron chi connectivity index (χ3n) is 4.68. The number of nitrogens with one attached hydrogen (secondary N) is 1. The van der Waals surface area contributed by atoms with Crippen molar-refractivity contribution in [3.63, 3.8) is 0 Å². The fourth-order valence-corrected chi connectivity index (χ4v) is 3.46. The van der Waals surface area contributed by atoms with E-state index >= 15 is 0 Å². The van der Waals surface area contributed by atoms with Crippen LogP contribution in [0.3, 0.4) is 0 Å². The maximum atomic E-state index is 12.6. The lowest BCUT2D eigenvalue weighted by molar-refractivity contribution is 0.0932. The van der Waals surface area contributed by atoms with E-state index in [-0.39, 0.29) is 11.9 Å². The molecule has 1 atom stereocenters. The Morgan fingerprint density at radius 1 is 1.16 bits per heavy atom. The van der Waals surface area contributed by atoms with Crippen molar-refractivity contribution in [2.45, 2.75) is 25.3 Å². The summed E-state index contributed by atoms with van der Waals surface area (Å²) in [5.74, 6) is 1.38. The van der Waals surface area contributed by atoms with Crippen LogP contribution in [0.5, 0.6) is 11.5 Å². The van der Waals surface area contributed by atoms with E-state index in [0.29, 0.717) is 24.3 Å². The molecule has 2 aliphatic rings.